The highest BCUT2D eigenvalue weighted by molar-refractivity contribution is 6.04. The standard InChI is InChI=1S/C21H19N5O4/c1-12-3-6-14(7-4-12)16-11-22-25-18(21(28)24-20(16)25)10-19(27)23-17-9-15(26(29)30)8-5-13(17)2/h3-9,11,18H,10H2,1-2H3,(H,23,27)(H,24,28). The topological polar surface area (TPSA) is 119 Å². The number of benzene rings is 2. The van der Waals surface area contributed by atoms with Crippen molar-refractivity contribution in [2.45, 2.75) is 26.3 Å². The molecule has 2 heterocycles. The van der Waals surface area contributed by atoms with E-state index < -0.39 is 16.9 Å². The number of rotatable bonds is 5. The van der Waals surface area contributed by atoms with E-state index in [1.165, 1.54) is 16.8 Å². The summed E-state index contributed by atoms with van der Waals surface area (Å²) in [7, 11) is 0. The number of amides is 2. The van der Waals surface area contributed by atoms with Gasteiger partial charge in [-0.2, -0.15) is 5.10 Å². The molecule has 30 heavy (non-hydrogen) atoms. The van der Waals surface area contributed by atoms with Crippen molar-refractivity contribution in [2.75, 3.05) is 10.6 Å². The van der Waals surface area contributed by atoms with Crippen LogP contribution in [0.3, 0.4) is 0 Å². The number of hydrogen-bond donors (Lipinski definition) is 2. The molecule has 0 aliphatic carbocycles. The Morgan fingerprint density at radius 3 is 2.67 bits per heavy atom. The number of carbonyl (C=O) groups is 2. The van der Waals surface area contributed by atoms with Crippen molar-refractivity contribution in [1.82, 2.24) is 9.78 Å². The number of aromatic nitrogens is 2. The molecule has 3 aromatic rings. The van der Waals surface area contributed by atoms with E-state index in [2.05, 4.69) is 15.7 Å². The van der Waals surface area contributed by atoms with Crippen LogP contribution >= 0.6 is 0 Å². The summed E-state index contributed by atoms with van der Waals surface area (Å²) in [5.74, 6) is -0.204. The Hall–Kier alpha value is -4.01. The van der Waals surface area contributed by atoms with Crippen LogP contribution in [-0.4, -0.2) is 26.5 Å². The fourth-order valence-corrected chi connectivity index (χ4v) is 3.39. The molecule has 2 amide bonds. The van der Waals surface area contributed by atoms with Crippen molar-refractivity contribution in [1.29, 1.82) is 0 Å². The molecule has 0 radical (unpaired) electrons. The summed E-state index contributed by atoms with van der Waals surface area (Å²) < 4.78 is 1.51. The first-order valence-electron chi connectivity index (χ1n) is 9.34. The van der Waals surface area contributed by atoms with Gasteiger partial charge in [0.1, 0.15) is 11.9 Å². The van der Waals surface area contributed by atoms with Gasteiger partial charge < -0.3 is 10.6 Å². The number of nitro groups is 1. The van der Waals surface area contributed by atoms with E-state index in [1.807, 2.05) is 31.2 Å². The molecule has 1 aromatic heterocycles. The molecular formula is C21H19N5O4. The molecule has 9 nitrogen and oxygen atoms in total. The minimum atomic E-state index is -0.793. The van der Waals surface area contributed by atoms with Gasteiger partial charge in [-0.15, -0.1) is 0 Å². The Morgan fingerprint density at radius 1 is 1.23 bits per heavy atom. The molecule has 4 rings (SSSR count). The molecule has 0 saturated heterocycles. The number of nitro benzene ring substituents is 1. The second kappa shape index (κ2) is 7.43. The maximum atomic E-state index is 12.6. The normalized spacial score (nSPS) is 14.9. The lowest BCUT2D eigenvalue weighted by atomic mass is 10.1. The lowest BCUT2D eigenvalue weighted by Crippen LogP contribution is -2.23. The van der Waals surface area contributed by atoms with Gasteiger partial charge in [0.25, 0.3) is 11.6 Å². The van der Waals surface area contributed by atoms with E-state index in [9.17, 15) is 19.7 Å². The van der Waals surface area contributed by atoms with E-state index in [0.717, 1.165) is 16.7 Å². The van der Waals surface area contributed by atoms with Gasteiger partial charge in [-0.25, -0.2) is 4.68 Å². The molecule has 0 saturated carbocycles. The van der Waals surface area contributed by atoms with E-state index >= 15 is 0 Å². The Balaban J connectivity index is 1.54. The first kappa shape index (κ1) is 19.3. The maximum Gasteiger partial charge on any atom is 0.271 e. The van der Waals surface area contributed by atoms with Crippen LogP contribution in [0.1, 0.15) is 23.6 Å². The zero-order valence-electron chi connectivity index (χ0n) is 16.4. The minimum Gasteiger partial charge on any atom is -0.326 e. The van der Waals surface area contributed by atoms with Gasteiger partial charge in [0.2, 0.25) is 5.91 Å². The van der Waals surface area contributed by atoms with E-state index in [0.29, 0.717) is 17.1 Å². The van der Waals surface area contributed by atoms with Crippen LogP contribution in [0.25, 0.3) is 11.1 Å². The van der Waals surface area contributed by atoms with Gasteiger partial charge in [-0.3, -0.25) is 19.7 Å². The van der Waals surface area contributed by atoms with Crippen LogP contribution < -0.4 is 10.6 Å². The highest BCUT2D eigenvalue weighted by Crippen LogP contribution is 2.36. The number of hydrogen-bond acceptors (Lipinski definition) is 5. The maximum absolute atomic E-state index is 12.6. The zero-order valence-corrected chi connectivity index (χ0v) is 16.4. The number of nitrogens with zero attached hydrogens (tertiary/aromatic N) is 3. The average Bonchev–Trinajstić information content (AvgIpc) is 3.23. The Morgan fingerprint density at radius 2 is 1.97 bits per heavy atom. The van der Waals surface area contributed by atoms with Crippen LogP contribution in [0, 0.1) is 24.0 Å². The largest absolute Gasteiger partial charge is 0.326 e. The number of fused-ring (bicyclic) bond motifs is 1. The van der Waals surface area contributed by atoms with Crippen LogP contribution in [-0.2, 0) is 9.59 Å². The van der Waals surface area contributed by atoms with Crippen LogP contribution in [0.2, 0.25) is 0 Å². The van der Waals surface area contributed by atoms with Gasteiger partial charge in [-0.1, -0.05) is 35.9 Å². The molecule has 1 aliphatic rings. The molecule has 0 fully saturated rings. The van der Waals surface area contributed by atoms with Crippen molar-refractivity contribution in [3.63, 3.8) is 0 Å². The SMILES string of the molecule is Cc1ccc(-c2cnn3c2NC(=O)C3CC(=O)Nc2cc([N+](=O)[O-])ccc2C)cc1. The molecule has 1 unspecified atom stereocenters. The lowest BCUT2D eigenvalue weighted by molar-refractivity contribution is -0.384. The zero-order chi connectivity index (χ0) is 21.4. The second-order valence-corrected chi connectivity index (χ2v) is 7.23. The lowest BCUT2D eigenvalue weighted by Gasteiger charge is -2.11. The molecule has 0 spiro atoms. The molecule has 152 valence electrons. The molecule has 1 aliphatic heterocycles. The first-order valence-corrected chi connectivity index (χ1v) is 9.34. The summed E-state index contributed by atoms with van der Waals surface area (Å²) in [5, 5.41) is 20.8. The molecule has 1 atom stereocenters. The van der Waals surface area contributed by atoms with Crippen molar-refractivity contribution >= 4 is 29.0 Å². The molecular weight excluding hydrogens is 386 g/mol. The summed E-state index contributed by atoms with van der Waals surface area (Å²) in [6.07, 6.45) is 1.52. The van der Waals surface area contributed by atoms with Gasteiger partial charge in [0.05, 0.1) is 23.2 Å². The average molecular weight is 405 g/mol. The predicted molar refractivity (Wildman–Crippen MR) is 111 cm³/mol. The summed E-state index contributed by atoms with van der Waals surface area (Å²) in [4.78, 5) is 35.5. The van der Waals surface area contributed by atoms with Crippen molar-refractivity contribution in [3.05, 3.63) is 69.9 Å². The highest BCUT2D eigenvalue weighted by Gasteiger charge is 2.35. The fourth-order valence-electron chi connectivity index (χ4n) is 3.39. The van der Waals surface area contributed by atoms with Gasteiger partial charge in [0.15, 0.2) is 0 Å². The van der Waals surface area contributed by atoms with Crippen LogP contribution in [0.5, 0.6) is 0 Å². The summed E-state index contributed by atoms with van der Waals surface area (Å²) >= 11 is 0. The number of non-ortho nitro benzene ring substituents is 1. The number of aryl methyl sites for hydroxylation is 2. The highest BCUT2D eigenvalue weighted by atomic mass is 16.6. The Kier molecular flexibility index (Phi) is 4.78. The second-order valence-electron chi connectivity index (χ2n) is 7.23. The van der Waals surface area contributed by atoms with Gasteiger partial charge >= 0.3 is 0 Å². The van der Waals surface area contributed by atoms with Gasteiger partial charge in [0, 0.05) is 17.7 Å². The number of nitrogens with one attached hydrogen (secondary N) is 2. The molecule has 2 aromatic carbocycles. The third-order valence-corrected chi connectivity index (χ3v) is 5.08. The molecule has 0 bridgehead atoms. The van der Waals surface area contributed by atoms with E-state index in [1.54, 1.807) is 19.2 Å². The van der Waals surface area contributed by atoms with Crippen molar-refractivity contribution in [2.24, 2.45) is 0 Å². The number of anilines is 2. The predicted octanol–water partition coefficient (Wildman–Crippen LogP) is 3.60. The quantitative estimate of drug-likeness (QED) is 0.496. The van der Waals surface area contributed by atoms with Crippen molar-refractivity contribution < 1.29 is 14.5 Å². The Bertz CT molecular complexity index is 1170. The summed E-state index contributed by atoms with van der Waals surface area (Å²) in [5.41, 5.74) is 3.73. The number of carbonyl (C=O) groups excluding carboxylic acids is 2. The smallest absolute Gasteiger partial charge is 0.271 e. The third-order valence-electron chi connectivity index (χ3n) is 5.08. The molecule has 9 heteroatoms. The third kappa shape index (κ3) is 3.52. The van der Waals surface area contributed by atoms with Gasteiger partial charge in [-0.05, 0) is 25.0 Å². The Labute approximate surface area is 171 Å². The molecule has 2 N–H and O–H groups in total. The monoisotopic (exact) mass is 405 g/mol. The van der Waals surface area contributed by atoms with Crippen molar-refractivity contribution in [3.8, 4) is 11.1 Å². The fraction of sp³-hybridized carbons (Fsp3) is 0.190. The van der Waals surface area contributed by atoms with E-state index in [4.69, 9.17) is 0 Å². The van der Waals surface area contributed by atoms with E-state index in [-0.39, 0.29) is 18.0 Å². The summed E-state index contributed by atoms with van der Waals surface area (Å²) in [6.45, 7) is 3.73. The summed E-state index contributed by atoms with van der Waals surface area (Å²) in [6, 6.07) is 11.3. The van der Waals surface area contributed by atoms with Crippen LogP contribution in [0.4, 0.5) is 17.2 Å². The minimum absolute atomic E-state index is 0.119. The first-order chi connectivity index (χ1) is 14.3. The van der Waals surface area contributed by atoms with Crippen LogP contribution in [0.15, 0.2) is 48.7 Å².